The lowest BCUT2D eigenvalue weighted by Crippen LogP contribution is -2.62. The molecule has 18 heteroatoms. The van der Waals surface area contributed by atoms with E-state index in [1.165, 1.54) is 6.92 Å². The van der Waals surface area contributed by atoms with Gasteiger partial charge >= 0.3 is 5.97 Å². The molecule has 0 aliphatic rings. The van der Waals surface area contributed by atoms with Crippen LogP contribution in [0.25, 0.3) is 0 Å². The fourth-order valence-corrected chi connectivity index (χ4v) is 4.14. The highest BCUT2D eigenvalue weighted by molar-refractivity contribution is 5.96. The van der Waals surface area contributed by atoms with Crippen molar-refractivity contribution in [3.8, 4) is 0 Å². The summed E-state index contributed by atoms with van der Waals surface area (Å²) < 4.78 is 0. The van der Waals surface area contributed by atoms with E-state index in [2.05, 4.69) is 31.9 Å². The highest BCUT2D eigenvalue weighted by Gasteiger charge is 2.35. The molecule has 0 fully saturated rings. The zero-order chi connectivity index (χ0) is 35.9. The molecule has 7 atom stereocenters. The van der Waals surface area contributed by atoms with Crippen molar-refractivity contribution in [2.24, 2.45) is 29.2 Å². The van der Waals surface area contributed by atoms with E-state index in [9.17, 15) is 39.0 Å². The number of amides is 5. The predicted molar refractivity (Wildman–Crippen MR) is 168 cm³/mol. The summed E-state index contributed by atoms with van der Waals surface area (Å²) in [6, 6.07) is -7.63. The molecule has 0 unspecified atom stereocenters. The lowest BCUT2D eigenvalue weighted by molar-refractivity contribution is -0.145. The normalized spacial score (nSPS) is 15.8. The van der Waals surface area contributed by atoms with E-state index < -0.39 is 102 Å². The molecule has 0 bridgehead atoms. The van der Waals surface area contributed by atoms with Crippen molar-refractivity contribution in [3.63, 3.8) is 0 Å². The zero-order valence-corrected chi connectivity index (χ0v) is 27.5. The first-order valence-electron chi connectivity index (χ1n) is 15.1. The molecule has 0 heterocycles. The number of aliphatic hydroxyl groups is 2. The summed E-state index contributed by atoms with van der Waals surface area (Å²) in [5.74, 6) is -7.02. The number of aliphatic carboxylic acids is 1. The predicted octanol–water partition coefficient (Wildman–Crippen LogP) is -3.57. The number of nitrogens with one attached hydrogen (secondary N) is 7. The molecule has 14 N–H and O–H groups in total. The van der Waals surface area contributed by atoms with Crippen LogP contribution in [0.2, 0.25) is 0 Å². The Labute approximate surface area is 269 Å². The van der Waals surface area contributed by atoms with Crippen LogP contribution in [-0.4, -0.2) is 112 Å². The monoisotopic (exact) mass is 659 g/mol. The van der Waals surface area contributed by atoms with Gasteiger partial charge in [-0.1, -0.05) is 41.5 Å². The second kappa shape index (κ2) is 20.2. The molecule has 18 nitrogen and oxygen atoms in total. The Bertz CT molecular complexity index is 1070. The lowest BCUT2D eigenvalue weighted by atomic mass is 9.97. The van der Waals surface area contributed by atoms with Gasteiger partial charge in [0.25, 0.3) is 0 Å². The SMILES string of the molecule is CC(C)[C@H](NC(=O)[C@@H](NC(=O)[C@@H](NC(=O)[C@@H](N)CO)C(C)C)C(C)C)C(=O)N[C@@H](CCCNC(=N)N)C(=O)N[C@H](C(=O)O)[C@@H](C)O. The Balaban J connectivity index is 5.97. The third kappa shape index (κ3) is 14.4. The minimum atomic E-state index is -1.66. The molecule has 0 saturated heterocycles. The number of carbonyl (C=O) groups is 6. The lowest BCUT2D eigenvalue weighted by Gasteiger charge is -2.30. The van der Waals surface area contributed by atoms with Crippen LogP contribution in [-0.2, 0) is 28.8 Å². The minimum absolute atomic E-state index is 0.0182. The number of carboxylic acids is 1. The van der Waals surface area contributed by atoms with Crippen molar-refractivity contribution in [2.75, 3.05) is 13.2 Å². The van der Waals surface area contributed by atoms with E-state index >= 15 is 0 Å². The van der Waals surface area contributed by atoms with Crippen molar-refractivity contribution in [1.82, 2.24) is 31.9 Å². The third-order valence-corrected chi connectivity index (χ3v) is 6.94. The summed E-state index contributed by atoms with van der Waals surface area (Å²) in [7, 11) is 0. The Morgan fingerprint density at radius 1 is 0.674 bits per heavy atom. The number of rotatable bonds is 20. The number of carbonyl (C=O) groups excluding carboxylic acids is 5. The maximum atomic E-state index is 13.4. The Hall–Kier alpha value is -4.03. The fourth-order valence-electron chi connectivity index (χ4n) is 4.14. The summed E-state index contributed by atoms with van der Waals surface area (Å²) in [6.45, 7) is 10.7. The number of nitrogens with two attached hydrogens (primary N) is 2. The number of hydrogen-bond donors (Lipinski definition) is 12. The van der Waals surface area contributed by atoms with Crippen molar-refractivity contribution in [1.29, 1.82) is 5.41 Å². The van der Waals surface area contributed by atoms with Gasteiger partial charge < -0.3 is 58.7 Å². The Morgan fingerprint density at radius 2 is 1.07 bits per heavy atom. The molecule has 0 radical (unpaired) electrons. The van der Waals surface area contributed by atoms with Crippen LogP contribution in [0.5, 0.6) is 0 Å². The van der Waals surface area contributed by atoms with Gasteiger partial charge in [-0.15, -0.1) is 0 Å². The number of guanidine groups is 1. The van der Waals surface area contributed by atoms with E-state index in [0.29, 0.717) is 0 Å². The van der Waals surface area contributed by atoms with Gasteiger partial charge in [-0.2, -0.15) is 0 Å². The summed E-state index contributed by atoms with van der Waals surface area (Å²) in [5, 5.41) is 50.6. The van der Waals surface area contributed by atoms with E-state index in [1.54, 1.807) is 41.5 Å². The average molecular weight is 660 g/mol. The summed E-state index contributed by atoms with van der Waals surface area (Å²) in [4.78, 5) is 76.8. The van der Waals surface area contributed by atoms with Gasteiger partial charge in [0.1, 0.15) is 30.2 Å². The van der Waals surface area contributed by atoms with E-state index in [1.807, 2.05) is 0 Å². The van der Waals surface area contributed by atoms with Gasteiger partial charge in [0.15, 0.2) is 12.0 Å². The molecular weight excluding hydrogens is 606 g/mol. The molecule has 0 aromatic carbocycles. The topological polar surface area (TPSA) is 311 Å². The molecular formula is C28H53N9O9. The molecule has 0 spiro atoms. The summed E-state index contributed by atoms with van der Waals surface area (Å²) >= 11 is 0. The maximum Gasteiger partial charge on any atom is 0.328 e. The highest BCUT2D eigenvalue weighted by atomic mass is 16.4. The fraction of sp³-hybridized carbons (Fsp3) is 0.750. The molecule has 0 aromatic heterocycles. The van der Waals surface area contributed by atoms with Crippen molar-refractivity contribution in [3.05, 3.63) is 0 Å². The molecule has 5 amide bonds. The highest BCUT2D eigenvalue weighted by Crippen LogP contribution is 2.10. The number of carboxylic acid groups (broad SMARTS) is 1. The van der Waals surface area contributed by atoms with Crippen molar-refractivity contribution >= 4 is 41.5 Å². The molecule has 0 saturated carbocycles. The van der Waals surface area contributed by atoms with Crippen molar-refractivity contribution < 1.29 is 44.1 Å². The zero-order valence-electron chi connectivity index (χ0n) is 27.5. The van der Waals surface area contributed by atoms with Gasteiger partial charge in [0.2, 0.25) is 29.5 Å². The molecule has 46 heavy (non-hydrogen) atoms. The second-order valence-corrected chi connectivity index (χ2v) is 12.1. The standard InChI is InChI=1S/C28H53N9O9/c1-12(2)18(24(42)33-17(9-8-10-32-28(30)31)23(41)37-21(15(7)39)27(45)46)35-26(44)20(14(5)6)36-25(43)19(13(3)4)34-22(40)16(29)11-38/h12-21,38-39H,8-11,29H2,1-7H3,(H,33,42)(H,34,40)(H,35,44)(H,36,43)(H,37,41)(H,45,46)(H4,30,31,32)/t15-,16+,17+,18+,19+,20+,21+/m1/s1. The summed E-state index contributed by atoms with van der Waals surface area (Å²) in [6.07, 6.45) is -1.24. The van der Waals surface area contributed by atoms with Crippen molar-refractivity contribution in [2.45, 2.75) is 104 Å². The van der Waals surface area contributed by atoms with E-state index in [4.69, 9.17) is 22.0 Å². The number of aliphatic hydroxyl groups excluding tert-OH is 2. The van der Waals surface area contributed by atoms with Crippen LogP contribution in [0.1, 0.15) is 61.3 Å². The second-order valence-electron chi connectivity index (χ2n) is 12.1. The van der Waals surface area contributed by atoms with Gasteiger partial charge in [-0.05, 0) is 37.5 Å². The first-order chi connectivity index (χ1) is 21.2. The van der Waals surface area contributed by atoms with Gasteiger partial charge in [-0.3, -0.25) is 29.4 Å². The van der Waals surface area contributed by atoms with E-state index in [-0.39, 0.29) is 25.3 Å². The van der Waals surface area contributed by atoms with Crippen LogP contribution in [0.15, 0.2) is 0 Å². The number of hydrogen-bond acceptors (Lipinski definition) is 10. The first-order valence-corrected chi connectivity index (χ1v) is 15.1. The van der Waals surface area contributed by atoms with Crippen LogP contribution in [0.3, 0.4) is 0 Å². The first kappa shape index (κ1) is 42.0. The van der Waals surface area contributed by atoms with Gasteiger partial charge in [0.05, 0.1) is 12.7 Å². The molecule has 0 rings (SSSR count). The van der Waals surface area contributed by atoms with Gasteiger partial charge in [-0.25, -0.2) is 4.79 Å². The van der Waals surface area contributed by atoms with E-state index in [0.717, 1.165) is 0 Å². The van der Waals surface area contributed by atoms with Crippen LogP contribution < -0.4 is 43.4 Å². The largest absolute Gasteiger partial charge is 0.480 e. The molecule has 0 aliphatic carbocycles. The smallest absolute Gasteiger partial charge is 0.328 e. The average Bonchev–Trinajstić information content (AvgIpc) is 2.95. The maximum absolute atomic E-state index is 13.4. The molecule has 0 aliphatic heterocycles. The van der Waals surface area contributed by atoms with Crippen LogP contribution in [0.4, 0.5) is 0 Å². The van der Waals surface area contributed by atoms with Gasteiger partial charge in [0, 0.05) is 6.54 Å². The Kier molecular flexibility index (Phi) is 18.4. The summed E-state index contributed by atoms with van der Waals surface area (Å²) in [5.41, 5.74) is 10.8. The quantitative estimate of drug-likeness (QED) is 0.0343. The third-order valence-electron chi connectivity index (χ3n) is 6.94. The van der Waals surface area contributed by atoms with Crippen LogP contribution in [0, 0.1) is 23.2 Å². The Morgan fingerprint density at radius 3 is 1.41 bits per heavy atom. The molecule has 0 aromatic rings. The minimum Gasteiger partial charge on any atom is -0.480 e. The molecule has 264 valence electrons. The van der Waals surface area contributed by atoms with Crippen LogP contribution >= 0.6 is 0 Å².